The van der Waals surface area contributed by atoms with E-state index in [1.807, 2.05) is 25.1 Å². The van der Waals surface area contributed by atoms with Gasteiger partial charge in [0.1, 0.15) is 12.3 Å². The highest BCUT2D eigenvalue weighted by atomic mass is 16.5. The summed E-state index contributed by atoms with van der Waals surface area (Å²) in [5.74, 6) is -0.110. The van der Waals surface area contributed by atoms with Gasteiger partial charge in [-0.15, -0.1) is 0 Å². The number of hydrogen-bond donors (Lipinski definition) is 1. The molecule has 1 heterocycles. The number of ether oxygens (including phenoxy) is 1. The largest absolute Gasteiger partial charge is 0.497 e. The van der Waals surface area contributed by atoms with E-state index < -0.39 is 5.97 Å². The Hall–Kier alpha value is -1.97. The number of aryl methyl sites for hydroxylation is 1. The van der Waals surface area contributed by atoms with Crippen molar-refractivity contribution in [3.8, 4) is 5.75 Å². The van der Waals surface area contributed by atoms with E-state index in [0.29, 0.717) is 0 Å². The second kappa shape index (κ2) is 3.89. The Balaban J connectivity index is 2.57. The molecule has 0 unspecified atom stereocenters. The summed E-state index contributed by atoms with van der Waals surface area (Å²) in [7, 11) is 1.60. The fourth-order valence-corrected chi connectivity index (χ4v) is 1.76. The molecule has 16 heavy (non-hydrogen) atoms. The summed E-state index contributed by atoms with van der Waals surface area (Å²) in [5, 5.41) is 9.68. The number of rotatable bonds is 3. The first-order valence-electron chi connectivity index (χ1n) is 4.90. The normalized spacial score (nSPS) is 10.6. The topological polar surface area (TPSA) is 51.5 Å². The van der Waals surface area contributed by atoms with Crippen molar-refractivity contribution < 1.29 is 14.6 Å². The molecule has 0 bridgehead atoms. The van der Waals surface area contributed by atoms with E-state index in [9.17, 15) is 4.79 Å². The van der Waals surface area contributed by atoms with Crippen molar-refractivity contribution in [3.05, 3.63) is 30.0 Å². The molecule has 0 spiro atoms. The van der Waals surface area contributed by atoms with Gasteiger partial charge in [0, 0.05) is 22.7 Å². The summed E-state index contributed by atoms with van der Waals surface area (Å²) in [6.45, 7) is 1.80. The molecule has 1 aromatic carbocycles. The summed E-state index contributed by atoms with van der Waals surface area (Å²) in [6, 6.07) is 8.64. The first-order chi connectivity index (χ1) is 7.61. The van der Waals surface area contributed by atoms with E-state index in [1.165, 1.54) is 0 Å². The zero-order valence-corrected chi connectivity index (χ0v) is 9.15. The molecule has 0 saturated heterocycles. The SMILES string of the molecule is COc1ccc2c([c]c(C)n2CC(=O)O)c1. The predicted molar refractivity (Wildman–Crippen MR) is 59.7 cm³/mol. The van der Waals surface area contributed by atoms with Gasteiger partial charge in [-0.05, 0) is 25.1 Å². The van der Waals surface area contributed by atoms with Gasteiger partial charge in [-0.1, -0.05) is 0 Å². The average molecular weight is 218 g/mol. The summed E-state index contributed by atoms with van der Waals surface area (Å²) in [5.41, 5.74) is 1.67. The lowest BCUT2D eigenvalue weighted by atomic mass is 10.2. The molecular weight excluding hydrogens is 206 g/mol. The van der Waals surface area contributed by atoms with Crippen molar-refractivity contribution >= 4 is 16.9 Å². The standard InChI is InChI=1S/C12H12NO3/c1-8-5-9-6-10(16-2)3-4-11(9)13(8)7-12(14)15/h3-4,6H,7H2,1-2H3,(H,14,15). The van der Waals surface area contributed by atoms with Crippen molar-refractivity contribution in [1.82, 2.24) is 4.57 Å². The van der Waals surface area contributed by atoms with Gasteiger partial charge in [-0.25, -0.2) is 0 Å². The minimum absolute atomic E-state index is 0.0435. The molecule has 0 saturated carbocycles. The third-order valence-electron chi connectivity index (χ3n) is 2.51. The number of carboxylic acids is 1. The first kappa shape index (κ1) is 10.5. The van der Waals surface area contributed by atoms with Crippen molar-refractivity contribution in [2.24, 2.45) is 0 Å². The second-order valence-electron chi connectivity index (χ2n) is 3.57. The molecule has 0 atom stereocenters. The van der Waals surface area contributed by atoms with Crippen LogP contribution in [0.4, 0.5) is 0 Å². The van der Waals surface area contributed by atoms with Gasteiger partial charge in [0.05, 0.1) is 7.11 Å². The van der Waals surface area contributed by atoms with E-state index in [4.69, 9.17) is 9.84 Å². The number of aromatic nitrogens is 1. The number of carboxylic acid groups (broad SMARTS) is 1. The fourth-order valence-electron chi connectivity index (χ4n) is 1.76. The van der Waals surface area contributed by atoms with Crippen molar-refractivity contribution in [2.75, 3.05) is 7.11 Å². The van der Waals surface area contributed by atoms with Crippen LogP contribution in [0.1, 0.15) is 5.69 Å². The molecule has 1 aromatic heterocycles. The Morgan fingerprint density at radius 2 is 2.31 bits per heavy atom. The van der Waals surface area contributed by atoms with Crippen LogP contribution in [0.5, 0.6) is 5.75 Å². The fraction of sp³-hybridized carbons (Fsp3) is 0.250. The predicted octanol–water partition coefficient (Wildman–Crippen LogP) is 1.84. The highest BCUT2D eigenvalue weighted by molar-refractivity contribution is 5.83. The van der Waals surface area contributed by atoms with Crippen LogP contribution in [0.2, 0.25) is 0 Å². The van der Waals surface area contributed by atoms with Crippen LogP contribution in [0.3, 0.4) is 0 Å². The Labute approximate surface area is 93.1 Å². The molecule has 83 valence electrons. The molecule has 0 aliphatic rings. The molecule has 2 rings (SSSR count). The third kappa shape index (κ3) is 1.74. The second-order valence-corrected chi connectivity index (χ2v) is 3.57. The van der Waals surface area contributed by atoms with E-state index in [-0.39, 0.29) is 6.54 Å². The van der Waals surface area contributed by atoms with E-state index in [0.717, 1.165) is 22.3 Å². The molecule has 2 aromatic rings. The van der Waals surface area contributed by atoms with Gasteiger partial charge in [0.15, 0.2) is 0 Å². The maximum atomic E-state index is 10.7. The molecule has 0 aliphatic carbocycles. The first-order valence-corrected chi connectivity index (χ1v) is 4.90. The minimum Gasteiger partial charge on any atom is -0.497 e. The van der Waals surface area contributed by atoms with Crippen LogP contribution in [0.15, 0.2) is 18.2 Å². The summed E-state index contributed by atoms with van der Waals surface area (Å²) < 4.78 is 6.83. The van der Waals surface area contributed by atoms with Crippen molar-refractivity contribution in [2.45, 2.75) is 13.5 Å². The maximum Gasteiger partial charge on any atom is 0.323 e. The lowest BCUT2D eigenvalue weighted by molar-refractivity contribution is -0.137. The Morgan fingerprint density at radius 3 is 2.94 bits per heavy atom. The summed E-state index contributed by atoms with van der Waals surface area (Å²) in [4.78, 5) is 10.7. The maximum absolute atomic E-state index is 10.7. The van der Waals surface area contributed by atoms with Gasteiger partial charge in [0.25, 0.3) is 0 Å². The Bertz CT molecular complexity index is 542. The highest BCUT2D eigenvalue weighted by Gasteiger charge is 2.09. The molecule has 0 amide bonds. The van der Waals surface area contributed by atoms with Gasteiger partial charge in [0.2, 0.25) is 0 Å². The monoisotopic (exact) mass is 218 g/mol. The van der Waals surface area contributed by atoms with Gasteiger partial charge in [-0.2, -0.15) is 0 Å². The van der Waals surface area contributed by atoms with Crippen LogP contribution in [0.25, 0.3) is 10.9 Å². The molecular formula is C12H12NO3. The number of fused-ring (bicyclic) bond motifs is 1. The van der Waals surface area contributed by atoms with E-state index in [1.54, 1.807) is 11.7 Å². The van der Waals surface area contributed by atoms with Crippen LogP contribution < -0.4 is 4.74 Å². The lowest BCUT2D eigenvalue weighted by Crippen LogP contribution is -2.09. The third-order valence-corrected chi connectivity index (χ3v) is 2.51. The van der Waals surface area contributed by atoms with E-state index in [2.05, 4.69) is 6.07 Å². The van der Waals surface area contributed by atoms with Crippen molar-refractivity contribution in [3.63, 3.8) is 0 Å². The smallest absolute Gasteiger partial charge is 0.323 e. The minimum atomic E-state index is -0.857. The van der Waals surface area contributed by atoms with Gasteiger partial charge < -0.3 is 14.4 Å². The lowest BCUT2D eigenvalue weighted by Gasteiger charge is -2.04. The van der Waals surface area contributed by atoms with E-state index >= 15 is 0 Å². The summed E-state index contributed by atoms with van der Waals surface area (Å²) in [6.07, 6.45) is 0. The van der Waals surface area contributed by atoms with Crippen molar-refractivity contribution in [1.29, 1.82) is 0 Å². The van der Waals surface area contributed by atoms with Crippen LogP contribution in [-0.4, -0.2) is 22.8 Å². The quantitative estimate of drug-likeness (QED) is 0.855. The Morgan fingerprint density at radius 1 is 1.56 bits per heavy atom. The van der Waals surface area contributed by atoms with Crippen LogP contribution in [-0.2, 0) is 11.3 Å². The highest BCUT2D eigenvalue weighted by Crippen LogP contribution is 2.23. The zero-order chi connectivity index (χ0) is 11.7. The summed E-state index contributed by atoms with van der Waals surface area (Å²) >= 11 is 0. The molecule has 4 heteroatoms. The molecule has 4 nitrogen and oxygen atoms in total. The number of nitrogens with zero attached hydrogens (tertiary/aromatic N) is 1. The number of hydrogen-bond acceptors (Lipinski definition) is 2. The zero-order valence-electron chi connectivity index (χ0n) is 9.15. The van der Waals surface area contributed by atoms with Gasteiger partial charge >= 0.3 is 5.97 Å². The number of benzene rings is 1. The van der Waals surface area contributed by atoms with Gasteiger partial charge in [-0.3, -0.25) is 4.79 Å². The Kier molecular flexibility index (Phi) is 2.56. The molecule has 1 N–H and O–H groups in total. The number of aliphatic carboxylic acids is 1. The number of carbonyl (C=O) groups is 1. The average Bonchev–Trinajstić information content (AvgIpc) is 2.54. The number of methoxy groups -OCH3 is 1. The van der Waals surface area contributed by atoms with Crippen LogP contribution >= 0.6 is 0 Å². The molecule has 0 fully saturated rings. The molecule has 1 radical (unpaired) electrons. The van der Waals surface area contributed by atoms with Crippen LogP contribution in [0, 0.1) is 13.0 Å². The molecule has 0 aliphatic heterocycles.